The predicted octanol–water partition coefficient (Wildman–Crippen LogP) is 3.98. The highest BCUT2D eigenvalue weighted by Gasteiger charge is 2.13. The summed E-state index contributed by atoms with van der Waals surface area (Å²) in [6, 6.07) is 10.1. The molecule has 1 aromatic carbocycles. The summed E-state index contributed by atoms with van der Waals surface area (Å²) in [4.78, 5) is 6.46. The number of nitrogens with zero attached hydrogens (tertiary/aromatic N) is 2. The SMILES string of the molecule is Cc1ccccc1SCc1noc(-c2sccc2N)n1. The summed E-state index contributed by atoms with van der Waals surface area (Å²) < 4.78 is 5.26. The van der Waals surface area contributed by atoms with Gasteiger partial charge in [0.25, 0.3) is 5.89 Å². The zero-order chi connectivity index (χ0) is 13.9. The molecule has 0 atom stereocenters. The van der Waals surface area contributed by atoms with Gasteiger partial charge in [-0.3, -0.25) is 0 Å². The number of nitrogen functional groups attached to an aromatic ring is 1. The smallest absolute Gasteiger partial charge is 0.270 e. The number of benzene rings is 1. The number of nitrogens with two attached hydrogens (primary N) is 1. The van der Waals surface area contributed by atoms with E-state index in [4.69, 9.17) is 10.3 Å². The fourth-order valence-electron chi connectivity index (χ4n) is 1.76. The van der Waals surface area contributed by atoms with E-state index in [1.54, 1.807) is 11.8 Å². The Kier molecular flexibility index (Phi) is 3.75. The molecule has 2 N–H and O–H groups in total. The van der Waals surface area contributed by atoms with Crippen molar-refractivity contribution in [2.75, 3.05) is 5.73 Å². The average Bonchev–Trinajstić information content (AvgIpc) is 3.06. The van der Waals surface area contributed by atoms with Gasteiger partial charge in [-0.15, -0.1) is 23.1 Å². The molecule has 0 unspecified atom stereocenters. The maximum atomic E-state index is 5.84. The monoisotopic (exact) mass is 303 g/mol. The largest absolute Gasteiger partial charge is 0.397 e. The minimum Gasteiger partial charge on any atom is -0.397 e. The predicted molar refractivity (Wildman–Crippen MR) is 82.8 cm³/mol. The molecule has 20 heavy (non-hydrogen) atoms. The topological polar surface area (TPSA) is 64.9 Å². The van der Waals surface area contributed by atoms with Crippen LogP contribution in [0.1, 0.15) is 11.4 Å². The molecule has 0 bridgehead atoms. The summed E-state index contributed by atoms with van der Waals surface area (Å²) in [5, 5.41) is 5.92. The Morgan fingerprint density at radius 3 is 2.90 bits per heavy atom. The number of anilines is 1. The lowest BCUT2D eigenvalue weighted by atomic mass is 10.2. The lowest BCUT2D eigenvalue weighted by molar-refractivity contribution is 0.426. The third-order valence-electron chi connectivity index (χ3n) is 2.81. The number of aryl methyl sites for hydroxylation is 1. The van der Waals surface area contributed by atoms with E-state index in [0.29, 0.717) is 23.2 Å². The van der Waals surface area contributed by atoms with E-state index >= 15 is 0 Å². The van der Waals surface area contributed by atoms with Crippen LogP contribution in [-0.4, -0.2) is 10.1 Å². The van der Waals surface area contributed by atoms with Crippen LogP contribution in [-0.2, 0) is 5.75 Å². The summed E-state index contributed by atoms with van der Waals surface area (Å²) in [5.41, 5.74) is 7.78. The van der Waals surface area contributed by atoms with Gasteiger partial charge in [0.05, 0.1) is 11.4 Å². The molecule has 3 rings (SSSR count). The summed E-state index contributed by atoms with van der Waals surface area (Å²) in [5.74, 6) is 1.86. The van der Waals surface area contributed by atoms with E-state index in [2.05, 4.69) is 29.2 Å². The van der Waals surface area contributed by atoms with E-state index < -0.39 is 0 Å². The standard InChI is InChI=1S/C14H13N3OS2/c1-9-4-2-3-5-11(9)20-8-12-16-14(18-17-12)13-10(15)6-7-19-13/h2-7H,8,15H2,1H3. The van der Waals surface area contributed by atoms with Gasteiger partial charge in [0.15, 0.2) is 5.82 Å². The Morgan fingerprint density at radius 1 is 1.30 bits per heavy atom. The second-order valence-corrected chi connectivity index (χ2v) is 6.21. The normalized spacial score (nSPS) is 10.8. The Bertz CT molecular complexity index is 721. The van der Waals surface area contributed by atoms with Crippen molar-refractivity contribution in [1.29, 1.82) is 0 Å². The van der Waals surface area contributed by atoms with Crippen LogP contribution >= 0.6 is 23.1 Å². The highest BCUT2D eigenvalue weighted by molar-refractivity contribution is 7.98. The molecule has 0 saturated carbocycles. The molecular formula is C14H13N3OS2. The molecule has 0 fully saturated rings. The van der Waals surface area contributed by atoms with Crippen molar-refractivity contribution < 1.29 is 4.52 Å². The third kappa shape index (κ3) is 2.71. The van der Waals surface area contributed by atoms with Gasteiger partial charge >= 0.3 is 0 Å². The molecule has 0 aliphatic rings. The number of hydrogen-bond donors (Lipinski definition) is 1. The van der Waals surface area contributed by atoms with Crippen LogP contribution in [0, 0.1) is 6.92 Å². The van der Waals surface area contributed by atoms with Crippen LogP contribution in [0.4, 0.5) is 5.69 Å². The molecule has 4 nitrogen and oxygen atoms in total. The zero-order valence-corrected chi connectivity index (χ0v) is 12.5. The van der Waals surface area contributed by atoms with Crippen molar-refractivity contribution in [2.45, 2.75) is 17.6 Å². The van der Waals surface area contributed by atoms with Crippen molar-refractivity contribution in [1.82, 2.24) is 10.1 Å². The van der Waals surface area contributed by atoms with E-state index in [-0.39, 0.29) is 0 Å². The molecule has 0 radical (unpaired) electrons. The average molecular weight is 303 g/mol. The van der Waals surface area contributed by atoms with Crippen LogP contribution in [0.25, 0.3) is 10.8 Å². The van der Waals surface area contributed by atoms with Crippen molar-refractivity contribution in [3.8, 4) is 10.8 Å². The Hall–Kier alpha value is -1.79. The number of hydrogen-bond acceptors (Lipinski definition) is 6. The molecule has 0 amide bonds. The van der Waals surface area contributed by atoms with Gasteiger partial charge in [-0.1, -0.05) is 23.4 Å². The summed E-state index contributed by atoms with van der Waals surface area (Å²) >= 11 is 3.21. The maximum absolute atomic E-state index is 5.84. The molecule has 2 aromatic heterocycles. The second kappa shape index (κ2) is 5.68. The van der Waals surface area contributed by atoms with Gasteiger partial charge in [0.2, 0.25) is 0 Å². The first-order chi connectivity index (χ1) is 9.74. The first-order valence-electron chi connectivity index (χ1n) is 6.08. The van der Waals surface area contributed by atoms with Crippen molar-refractivity contribution in [3.05, 3.63) is 47.1 Å². The number of thioether (sulfide) groups is 1. The van der Waals surface area contributed by atoms with Crippen molar-refractivity contribution in [3.63, 3.8) is 0 Å². The lowest BCUT2D eigenvalue weighted by Gasteiger charge is -2.01. The van der Waals surface area contributed by atoms with Gasteiger partial charge in [-0.25, -0.2) is 0 Å². The van der Waals surface area contributed by atoms with E-state index in [1.807, 2.05) is 23.6 Å². The first kappa shape index (κ1) is 13.2. The fraction of sp³-hybridized carbons (Fsp3) is 0.143. The van der Waals surface area contributed by atoms with E-state index in [1.165, 1.54) is 21.8 Å². The summed E-state index contributed by atoms with van der Waals surface area (Å²) in [6.07, 6.45) is 0. The molecule has 6 heteroatoms. The van der Waals surface area contributed by atoms with Crippen LogP contribution in [0.3, 0.4) is 0 Å². The zero-order valence-electron chi connectivity index (χ0n) is 10.9. The van der Waals surface area contributed by atoms with Gasteiger partial charge in [-0.05, 0) is 30.0 Å². The van der Waals surface area contributed by atoms with Gasteiger partial charge in [0.1, 0.15) is 4.88 Å². The second-order valence-electron chi connectivity index (χ2n) is 4.27. The van der Waals surface area contributed by atoms with E-state index in [0.717, 1.165) is 4.88 Å². The Balaban J connectivity index is 1.72. The Morgan fingerprint density at radius 2 is 2.15 bits per heavy atom. The molecule has 2 heterocycles. The molecule has 0 aliphatic heterocycles. The quantitative estimate of drug-likeness (QED) is 0.738. The third-order valence-corrected chi connectivity index (χ3v) is 4.90. The van der Waals surface area contributed by atoms with Crippen LogP contribution < -0.4 is 5.73 Å². The molecule has 0 spiro atoms. The highest BCUT2D eigenvalue weighted by Crippen LogP contribution is 2.31. The van der Waals surface area contributed by atoms with Crippen molar-refractivity contribution in [2.24, 2.45) is 0 Å². The van der Waals surface area contributed by atoms with Crippen molar-refractivity contribution >= 4 is 28.8 Å². The first-order valence-corrected chi connectivity index (χ1v) is 7.95. The fourth-order valence-corrected chi connectivity index (χ4v) is 3.37. The Labute approximate surface area is 125 Å². The van der Waals surface area contributed by atoms with Gasteiger partial charge in [0, 0.05) is 4.90 Å². The number of rotatable bonds is 4. The summed E-state index contributed by atoms with van der Waals surface area (Å²) in [7, 11) is 0. The molecule has 0 saturated heterocycles. The molecule has 102 valence electrons. The number of thiophene rings is 1. The molecule has 3 aromatic rings. The van der Waals surface area contributed by atoms with Crippen LogP contribution in [0.2, 0.25) is 0 Å². The highest BCUT2D eigenvalue weighted by atomic mass is 32.2. The van der Waals surface area contributed by atoms with Crippen LogP contribution in [0.5, 0.6) is 0 Å². The van der Waals surface area contributed by atoms with Crippen LogP contribution in [0.15, 0.2) is 45.1 Å². The van der Waals surface area contributed by atoms with E-state index in [9.17, 15) is 0 Å². The summed E-state index contributed by atoms with van der Waals surface area (Å²) in [6.45, 7) is 2.09. The maximum Gasteiger partial charge on any atom is 0.270 e. The molecule has 0 aliphatic carbocycles. The lowest BCUT2D eigenvalue weighted by Crippen LogP contribution is -1.86. The van der Waals surface area contributed by atoms with Gasteiger partial charge < -0.3 is 10.3 Å². The molecular weight excluding hydrogens is 290 g/mol. The number of aromatic nitrogens is 2. The van der Waals surface area contributed by atoms with Gasteiger partial charge in [-0.2, -0.15) is 4.98 Å². The minimum absolute atomic E-state index is 0.498. The minimum atomic E-state index is 0.498.